The third kappa shape index (κ3) is 6.19. The first-order chi connectivity index (χ1) is 11.3. The lowest BCUT2D eigenvalue weighted by Crippen LogP contribution is -2.38. The van der Waals surface area contributed by atoms with Crippen LogP contribution in [-0.2, 0) is 6.18 Å². The second-order valence-corrected chi connectivity index (χ2v) is 6.08. The molecule has 0 aromatic heterocycles. The summed E-state index contributed by atoms with van der Waals surface area (Å²) in [6.07, 6.45) is -0.943. The van der Waals surface area contributed by atoms with E-state index in [1.54, 1.807) is 13.0 Å². The molecule has 0 unspecified atom stereocenters. The van der Waals surface area contributed by atoms with Crippen LogP contribution in [0.1, 0.15) is 45.6 Å². The quantitative estimate of drug-likeness (QED) is 0.740. The summed E-state index contributed by atoms with van der Waals surface area (Å²) < 4.78 is 38.9. The normalized spacial score (nSPS) is 13.3. The van der Waals surface area contributed by atoms with Gasteiger partial charge in [0.15, 0.2) is 0 Å². The molecule has 5 heteroatoms. The van der Waals surface area contributed by atoms with Crippen molar-refractivity contribution in [3.05, 3.63) is 34.2 Å². The van der Waals surface area contributed by atoms with Crippen molar-refractivity contribution in [2.45, 2.75) is 46.2 Å². The zero-order valence-electron chi connectivity index (χ0n) is 15.0. The summed E-state index contributed by atoms with van der Waals surface area (Å²) in [4.78, 5) is 2.39. The van der Waals surface area contributed by atoms with Crippen LogP contribution in [0.3, 0.4) is 0 Å². The lowest BCUT2D eigenvalue weighted by molar-refractivity contribution is -0.138. The molecule has 1 rings (SSSR count). The molecule has 1 aromatic carbocycles. The van der Waals surface area contributed by atoms with E-state index in [1.165, 1.54) is 12.5 Å². The van der Waals surface area contributed by atoms with E-state index < -0.39 is 11.7 Å². The molecule has 24 heavy (non-hydrogen) atoms. The molecule has 0 radical (unpaired) electrons. The van der Waals surface area contributed by atoms with Crippen molar-refractivity contribution in [1.82, 2.24) is 10.2 Å². The van der Waals surface area contributed by atoms with Gasteiger partial charge in [-0.1, -0.05) is 39.0 Å². The number of hydrogen-bond donors (Lipinski definition) is 1. The Kier molecular flexibility index (Phi) is 8.32. The van der Waals surface area contributed by atoms with Gasteiger partial charge in [-0.3, -0.25) is 0 Å². The summed E-state index contributed by atoms with van der Waals surface area (Å²) >= 11 is 0. The van der Waals surface area contributed by atoms with Gasteiger partial charge >= 0.3 is 6.18 Å². The molecule has 0 aliphatic heterocycles. The molecule has 0 saturated heterocycles. The van der Waals surface area contributed by atoms with E-state index in [0.717, 1.165) is 44.2 Å². The highest BCUT2D eigenvalue weighted by Crippen LogP contribution is 2.25. The van der Waals surface area contributed by atoms with Crippen molar-refractivity contribution in [1.29, 1.82) is 0 Å². The predicted octanol–water partition coefficient (Wildman–Crippen LogP) is 3.35. The molecule has 1 N–H and O–H groups in total. The monoisotopic (exact) mass is 342 g/mol. The Morgan fingerprint density at radius 3 is 2.42 bits per heavy atom. The van der Waals surface area contributed by atoms with Crippen LogP contribution in [0.2, 0.25) is 0 Å². The van der Waals surface area contributed by atoms with Crippen molar-refractivity contribution >= 4 is 12.3 Å². The van der Waals surface area contributed by atoms with Gasteiger partial charge in [0.1, 0.15) is 0 Å². The number of unbranched alkanes of at least 4 members (excludes halogenated alkanes) is 1. The first-order valence-corrected chi connectivity index (χ1v) is 8.63. The van der Waals surface area contributed by atoms with E-state index in [1.807, 2.05) is 0 Å². The number of nitrogens with one attached hydrogen (secondary N) is 1. The molecule has 0 saturated carbocycles. The van der Waals surface area contributed by atoms with Crippen molar-refractivity contribution in [2.75, 3.05) is 26.2 Å². The molecule has 136 valence electrons. The molecule has 0 aliphatic carbocycles. The minimum absolute atomic E-state index is 0.0337. The average Bonchev–Trinajstić information content (AvgIpc) is 2.51. The zero-order valence-corrected chi connectivity index (χ0v) is 15.0. The van der Waals surface area contributed by atoms with Crippen LogP contribution in [0.25, 0.3) is 12.3 Å². The van der Waals surface area contributed by atoms with Crippen molar-refractivity contribution in [2.24, 2.45) is 0 Å². The molecule has 1 aromatic rings. The number of nitrogens with zero attached hydrogens (tertiary/aromatic N) is 1. The Hall–Kier alpha value is -1.49. The van der Waals surface area contributed by atoms with Gasteiger partial charge in [0.25, 0.3) is 0 Å². The summed E-state index contributed by atoms with van der Waals surface area (Å²) in [5, 5.41) is 3.81. The van der Waals surface area contributed by atoms with E-state index in [0.29, 0.717) is 11.8 Å². The molecular weight excluding hydrogens is 313 g/mol. The van der Waals surface area contributed by atoms with Gasteiger partial charge in [0.2, 0.25) is 0 Å². The molecule has 0 amide bonds. The Bertz CT molecular complexity index is 608. The first kappa shape index (κ1) is 20.6. The Balaban J connectivity index is 2.81. The van der Waals surface area contributed by atoms with Crippen LogP contribution in [0.4, 0.5) is 13.2 Å². The van der Waals surface area contributed by atoms with E-state index in [-0.39, 0.29) is 5.22 Å². The van der Waals surface area contributed by atoms with Crippen LogP contribution in [0, 0.1) is 0 Å². The number of halogens is 3. The predicted molar refractivity (Wildman–Crippen MR) is 94.9 cm³/mol. The second-order valence-electron chi connectivity index (χ2n) is 6.08. The Labute approximate surface area is 143 Å². The number of benzene rings is 1. The van der Waals surface area contributed by atoms with Gasteiger partial charge in [-0.2, -0.15) is 13.2 Å². The first-order valence-electron chi connectivity index (χ1n) is 8.63. The van der Waals surface area contributed by atoms with E-state index >= 15 is 0 Å². The third-order valence-electron chi connectivity index (χ3n) is 4.07. The molecule has 0 spiro atoms. The van der Waals surface area contributed by atoms with Gasteiger partial charge in [-0.05, 0) is 44.1 Å². The van der Waals surface area contributed by atoms with Crippen LogP contribution >= 0.6 is 0 Å². The molecule has 0 bridgehead atoms. The molecular formula is C19H29F3N2. The summed E-state index contributed by atoms with van der Waals surface area (Å²) in [5.41, 5.74) is 0.0646. The number of hydrogen-bond acceptors (Lipinski definition) is 2. The van der Waals surface area contributed by atoms with Crippen LogP contribution in [-0.4, -0.2) is 31.1 Å². The lowest BCUT2D eigenvalue weighted by Gasteiger charge is -2.22. The van der Waals surface area contributed by atoms with Gasteiger partial charge in [-0.25, -0.2) is 0 Å². The van der Waals surface area contributed by atoms with Gasteiger partial charge in [0, 0.05) is 24.0 Å². The minimum atomic E-state index is -4.37. The Morgan fingerprint density at radius 1 is 1.12 bits per heavy atom. The highest BCUT2D eigenvalue weighted by atomic mass is 19.4. The summed E-state index contributed by atoms with van der Waals surface area (Å²) in [6.45, 7) is 13.5. The van der Waals surface area contributed by atoms with Crippen molar-refractivity contribution < 1.29 is 13.2 Å². The maximum atomic E-state index is 13.0. The standard InChI is InChI=1S/C19H29F3N2/c1-5-7-13-24(12-6-2)14-11-23-16(4)17-9-8-10-18(15(17)3)19(20,21)22/h8-10,23H,3,5-7,11-14H2,1-2,4H3/b17-16+. The van der Waals surface area contributed by atoms with Gasteiger partial charge < -0.3 is 10.2 Å². The molecule has 0 atom stereocenters. The van der Waals surface area contributed by atoms with Crippen LogP contribution in [0.15, 0.2) is 18.2 Å². The van der Waals surface area contributed by atoms with Crippen molar-refractivity contribution in [3.63, 3.8) is 0 Å². The van der Waals surface area contributed by atoms with Crippen LogP contribution in [0.5, 0.6) is 0 Å². The summed E-state index contributed by atoms with van der Waals surface area (Å²) in [5.74, 6) is 0. The highest BCUT2D eigenvalue weighted by Gasteiger charge is 2.31. The van der Waals surface area contributed by atoms with Crippen LogP contribution < -0.4 is 15.8 Å². The highest BCUT2D eigenvalue weighted by molar-refractivity contribution is 5.42. The van der Waals surface area contributed by atoms with E-state index in [9.17, 15) is 13.2 Å². The SMILES string of the molecule is C=c1c(C(F)(F)F)ccc/c1=C(/C)NCCN(CCC)CCCC. The molecule has 0 fully saturated rings. The number of rotatable bonds is 9. The number of alkyl halides is 3. The fourth-order valence-corrected chi connectivity index (χ4v) is 2.73. The minimum Gasteiger partial charge on any atom is -0.387 e. The lowest BCUT2D eigenvalue weighted by atomic mass is 10.1. The molecule has 0 aliphatic rings. The van der Waals surface area contributed by atoms with Crippen molar-refractivity contribution in [3.8, 4) is 0 Å². The molecule has 0 heterocycles. The third-order valence-corrected chi connectivity index (χ3v) is 4.07. The smallest absolute Gasteiger partial charge is 0.387 e. The summed E-state index contributed by atoms with van der Waals surface area (Å²) in [7, 11) is 0. The fourth-order valence-electron chi connectivity index (χ4n) is 2.73. The zero-order chi connectivity index (χ0) is 18.2. The van der Waals surface area contributed by atoms with E-state index in [2.05, 4.69) is 30.6 Å². The second kappa shape index (κ2) is 9.72. The van der Waals surface area contributed by atoms with Gasteiger partial charge in [0.05, 0.1) is 5.56 Å². The van der Waals surface area contributed by atoms with E-state index in [4.69, 9.17) is 0 Å². The topological polar surface area (TPSA) is 15.3 Å². The average molecular weight is 342 g/mol. The molecule has 2 nitrogen and oxygen atoms in total. The van der Waals surface area contributed by atoms with Gasteiger partial charge in [-0.15, -0.1) is 0 Å². The fraction of sp³-hybridized carbons (Fsp3) is 0.579. The maximum Gasteiger partial charge on any atom is 0.416 e. The maximum absolute atomic E-state index is 13.0. The largest absolute Gasteiger partial charge is 0.416 e. The summed E-state index contributed by atoms with van der Waals surface area (Å²) in [6, 6.07) is 4.19. The Morgan fingerprint density at radius 2 is 1.83 bits per heavy atom.